The molecule has 0 spiro atoms. The molecule has 190 valence electrons. The van der Waals surface area contributed by atoms with E-state index >= 15 is 0 Å². The van der Waals surface area contributed by atoms with E-state index in [1.165, 1.54) is 4.90 Å². The second-order valence-electron chi connectivity index (χ2n) is 9.81. The highest BCUT2D eigenvalue weighted by Gasteiger charge is 2.47. The van der Waals surface area contributed by atoms with Gasteiger partial charge in [-0.05, 0) is 61.2 Å². The van der Waals surface area contributed by atoms with Gasteiger partial charge in [0.25, 0.3) is 11.7 Å². The van der Waals surface area contributed by atoms with Crippen LogP contribution in [0.5, 0.6) is 17.2 Å². The van der Waals surface area contributed by atoms with Crippen LogP contribution in [0.3, 0.4) is 0 Å². The number of carbonyl (C=O) groups excluding carboxylic acids is 2. The van der Waals surface area contributed by atoms with Gasteiger partial charge in [-0.25, -0.2) is 0 Å². The topological polar surface area (TPSA) is 85.3 Å². The van der Waals surface area contributed by atoms with Crippen molar-refractivity contribution >= 4 is 23.1 Å². The quantitative estimate of drug-likeness (QED) is 0.266. The normalized spacial score (nSPS) is 18.1. The lowest BCUT2D eigenvalue weighted by Crippen LogP contribution is -2.29. The van der Waals surface area contributed by atoms with Crippen LogP contribution in [0.2, 0.25) is 0 Å². The van der Waals surface area contributed by atoms with Gasteiger partial charge in [0.2, 0.25) is 6.79 Å². The summed E-state index contributed by atoms with van der Waals surface area (Å²) in [6.45, 7) is 8.63. The van der Waals surface area contributed by atoms with Gasteiger partial charge in [0.05, 0.1) is 18.2 Å². The molecule has 1 amide bonds. The molecular formula is C30H29NO6. The standard InChI is InChI=1S/C30H29NO6/c1-17(2)15-35-23-10-8-21(13-19(23)4)28(32)26-27(20-7-5-6-18(3)12-20)31(30(34)29(26)33)22-9-11-24-25(14-22)37-16-36-24/h5-14,17,27,32H,15-16H2,1-4H3/b28-26+. The summed E-state index contributed by atoms with van der Waals surface area (Å²) in [6.07, 6.45) is 0. The van der Waals surface area contributed by atoms with Gasteiger partial charge in [-0.15, -0.1) is 0 Å². The van der Waals surface area contributed by atoms with E-state index in [9.17, 15) is 14.7 Å². The van der Waals surface area contributed by atoms with Gasteiger partial charge in [-0.2, -0.15) is 0 Å². The molecule has 1 N–H and O–H groups in total. The van der Waals surface area contributed by atoms with Crippen LogP contribution in [0.25, 0.3) is 5.76 Å². The Labute approximate surface area is 215 Å². The van der Waals surface area contributed by atoms with Gasteiger partial charge in [0, 0.05) is 17.3 Å². The summed E-state index contributed by atoms with van der Waals surface area (Å²) in [7, 11) is 0. The van der Waals surface area contributed by atoms with Gasteiger partial charge in [-0.3, -0.25) is 14.5 Å². The van der Waals surface area contributed by atoms with Gasteiger partial charge in [-0.1, -0.05) is 43.7 Å². The number of fused-ring (bicyclic) bond motifs is 1. The fourth-order valence-corrected chi connectivity index (χ4v) is 4.66. The molecule has 0 bridgehead atoms. The SMILES string of the molecule is Cc1cccc(C2/C(=C(\O)c3ccc(OCC(C)C)c(C)c3)C(=O)C(=O)N2c2ccc3c(c2)OCO3)c1. The summed E-state index contributed by atoms with van der Waals surface area (Å²) in [5, 5.41) is 11.5. The zero-order chi connectivity index (χ0) is 26.3. The number of rotatable bonds is 6. The number of benzene rings is 3. The molecule has 1 atom stereocenters. The molecule has 1 unspecified atom stereocenters. The molecule has 3 aromatic rings. The molecule has 0 saturated carbocycles. The number of nitrogens with zero attached hydrogens (tertiary/aromatic N) is 1. The predicted octanol–water partition coefficient (Wildman–Crippen LogP) is 5.69. The molecule has 3 aromatic carbocycles. The highest BCUT2D eigenvalue weighted by Crippen LogP contribution is 2.45. The summed E-state index contributed by atoms with van der Waals surface area (Å²) in [5.41, 5.74) is 3.45. The first-order chi connectivity index (χ1) is 17.7. The highest BCUT2D eigenvalue weighted by atomic mass is 16.7. The number of hydrogen-bond donors (Lipinski definition) is 1. The number of hydrogen-bond acceptors (Lipinski definition) is 6. The molecule has 2 heterocycles. The maximum Gasteiger partial charge on any atom is 0.300 e. The second kappa shape index (κ2) is 9.65. The van der Waals surface area contributed by atoms with E-state index in [1.807, 2.05) is 38.1 Å². The number of carbonyl (C=O) groups is 2. The molecule has 7 nitrogen and oxygen atoms in total. The summed E-state index contributed by atoms with van der Waals surface area (Å²) in [4.78, 5) is 28.3. The fourth-order valence-electron chi connectivity index (χ4n) is 4.66. The zero-order valence-corrected chi connectivity index (χ0v) is 21.3. The van der Waals surface area contributed by atoms with Gasteiger partial charge in [0.15, 0.2) is 11.5 Å². The average molecular weight is 500 g/mol. The monoisotopic (exact) mass is 499 g/mol. The van der Waals surface area contributed by atoms with Crippen LogP contribution in [-0.2, 0) is 9.59 Å². The number of aryl methyl sites for hydroxylation is 2. The fraction of sp³-hybridized carbons (Fsp3) is 0.267. The van der Waals surface area contributed by atoms with E-state index in [1.54, 1.807) is 36.4 Å². The maximum absolute atomic E-state index is 13.4. The van der Waals surface area contributed by atoms with E-state index in [0.29, 0.717) is 46.6 Å². The average Bonchev–Trinajstić information content (AvgIpc) is 3.44. The van der Waals surface area contributed by atoms with E-state index in [0.717, 1.165) is 11.1 Å². The van der Waals surface area contributed by atoms with Gasteiger partial charge >= 0.3 is 0 Å². The summed E-state index contributed by atoms with van der Waals surface area (Å²) in [6, 6.07) is 17.1. The third-order valence-corrected chi connectivity index (χ3v) is 6.46. The Balaban J connectivity index is 1.63. The van der Waals surface area contributed by atoms with E-state index in [2.05, 4.69) is 13.8 Å². The van der Waals surface area contributed by atoms with Crippen molar-refractivity contribution in [3.63, 3.8) is 0 Å². The van der Waals surface area contributed by atoms with Crippen LogP contribution < -0.4 is 19.1 Å². The zero-order valence-electron chi connectivity index (χ0n) is 21.3. The molecule has 2 aliphatic heterocycles. The Morgan fingerprint density at radius 3 is 2.54 bits per heavy atom. The molecule has 1 fully saturated rings. The Morgan fingerprint density at radius 1 is 1.03 bits per heavy atom. The van der Waals surface area contributed by atoms with Crippen molar-refractivity contribution in [2.24, 2.45) is 5.92 Å². The molecule has 0 aromatic heterocycles. The molecule has 2 aliphatic rings. The third kappa shape index (κ3) is 4.53. The lowest BCUT2D eigenvalue weighted by molar-refractivity contribution is -0.132. The minimum Gasteiger partial charge on any atom is -0.507 e. The minimum atomic E-state index is -0.822. The number of anilines is 1. The van der Waals surface area contributed by atoms with Crippen molar-refractivity contribution in [1.82, 2.24) is 0 Å². The Bertz CT molecular complexity index is 1420. The summed E-state index contributed by atoms with van der Waals surface area (Å²) < 4.78 is 16.8. The second-order valence-corrected chi connectivity index (χ2v) is 9.81. The maximum atomic E-state index is 13.4. The van der Waals surface area contributed by atoms with Crippen molar-refractivity contribution in [1.29, 1.82) is 0 Å². The molecule has 0 radical (unpaired) electrons. The number of ether oxygens (including phenoxy) is 3. The molecule has 7 heteroatoms. The van der Waals surface area contributed by atoms with Crippen LogP contribution >= 0.6 is 0 Å². The molecule has 1 saturated heterocycles. The van der Waals surface area contributed by atoms with Crippen LogP contribution in [-0.4, -0.2) is 30.2 Å². The molecule has 37 heavy (non-hydrogen) atoms. The first kappa shape index (κ1) is 24.4. The largest absolute Gasteiger partial charge is 0.507 e. The van der Waals surface area contributed by atoms with Crippen LogP contribution in [0.1, 0.15) is 42.1 Å². The van der Waals surface area contributed by atoms with Gasteiger partial charge in [0.1, 0.15) is 11.5 Å². The third-order valence-electron chi connectivity index (χ3n) is 6.46. The summed E-state index contributed by atoms with van der Waals surface area (Å²) >= 11 is 0. The first-order valence-corrected chi connectivity index (χ1v) is 12.3. The highest BCUT2D eigenvalue weighted by molar-refractivity contribution is 6.51. The van der Waals surface area contributed by atoms with Crippen LogP contribution in [0, 0.1) is 19.8 Å². The van der Waals surface area contributed by atoms with E-state index in [4.69, 9.17) is 14.2 Å². The predicted molar refractivity (Wildman–Crippen MR) is 140 cm³/mol. The number of aliphatic hydroxyl groups excluding tert-OH is 1. The van der Waals surface area contributed by atoms with Crippen molar-refractivity contribution in [2.45, 2.75) is 33.7 Å². The minimum absolute atomic E-state index is 0.0310. The first-order valence-electron chi connectivity index (χ1n) is 12.3. The lowest BCUT2D eigenvalue weighted by atomic mass is 9.93. The Kier molecular flexibility index (Phi) is 6.38. The van der Waals surface area contributed by atoms with Crippen molar-refractivity contribution in [3.05, 3.63) is 88.5 Å². The Morgan fingerprint density at radius 2 is 1.81 bits per heavy atom. The summed E-state index contributed by atoms with van der Waals surface area (Å²) in [5.74, 6) is 0.444. The smallest absolute Gasteiger partial charge is 0.300 e. The molecule has 5 rings (SSSR count). The Hall–Kier alpha value is -4.26. The number of aliphatic hydroxyl groups is 1. The van der Waals surface area contributed by atoms with Crippen LogP contribution in [0.15, 0.2) is 66.2 Å². The van der Waals surface area contributed by atoms with Crippen molar-refractivity contribution in [2.75, 3.05) is 18.3 Å². The number of Topliss-reactive ketones (excluding diaryl/α,β-unsaturated/α-hetero) is 1. The number of amides is 1. The van der Waals surface area contributed by atoms with E-state index < -0.39 is 17.7 Å². The number of ketones is 1. The van der Waals surface area contributed by atoms with Crippen molar-refractivity contribution < 1.29 is 28.9 Å². The van der Waals surface area contributed by atoms with Gasteiger partial charge < -0.3 is 19.3 Å². The van der Waals surface area contributed by atoms with Crippen molar-refractivity contribution in [3.8, 4) is 17.2 Å². The molecule has 0 aliphatic carbocycles. The van der Waals surface area contributed by atoms with E-state index in [-0.39, 0.29) is 18.1 Å². The van der Waals surface area contributed by atoms with Crippen LogP contribution in [0.4, 0.5) is 5.69 Å². The lowest BCUT2D eigenvalue weighted by Gasteiger charge is -2.26. The molecular weight excluding hydrogens is 470 g/mol.